The number of carbonyl (C=O) groups excluding carboxylic acids is 1. The summed E-state index contributed by atoms with van der Waals surface area (Å²) < 4.78 is 7.55. The first-order chi connectivity index (χ1) is 12.0. The Bertz CT molecular complexity index is 917. The fourth-order valence-corrected chi connectivity index (χ4v) is 3.32. The second kappa shape index (κ2) is 7.19. The molecule has 3 rings (SSSR count). The van der Waals surface area contributed by atoms with Crippen LogP contribution in [-0.4, -0.2) is 23.6 Å². The largest absolute Gasteiger partial charge is 0.497 e. The minimum atomic E-state index is -0.0325. The maximum atomic E-state index is 11.4. The third-order valence-electron chi connectivity index (χ3n) is 4.13. The molecule has 0 saturated carbocycles. The van der Waals surface area contributed by atoms with Gasteiger partial charge in [0.2, 0.25) is 5.91 Å². The Kier molecular flexibility index (Phi) is 5.00. The summed E-state index contributed by atoms with van der Waals surface area (Å²) in [6, 6.07) is 15.9. The number of hydrogen-bond acceptors (Lipinski definition) is 2. The van der Waals surface area contributed by atoms with E-state index in [2.05, 4.69) is 16.0 Å². The van der Waals surface area contributed by atoms with Gasteiger partial charge >= 0.3 is 0 Å². The zero-order valence-electron chi connectivity index (χ0n) is 14.5. The lowest BCUT2D eigenvalue weighted by Crippen LogP contribution is -2.34. The van der Waals surface area contributed by atoms with Crippen LogP contribution < -0.4 is 10.1 Å². The van der Waals surface area contributed by atoms with Crippen molar-refractivity contribution in [2.45, 2.75) is 26.4 Å². The van der Waals surface area contributed by atoms with Crippen molar-refractivity contribution < 1.29 is 9.53 Å². The van der Waals surface area contributed by atoms with Crippen molar-refractivity contribution in [3.8, 4) is 17.0 Å². The van der Waals surface area contributed by atoms with Crippen LogP contribution in [0.15, 0.2) is 48.5 Å². The highest BCUT2D eigenvalue weighted by atomic mass is 35.5. The third kappa shape index (κ3) is 3.80. The van der Waals surface area contributed by atoms with Gasteiger partial charge < -0.3 is 14.6 Å². The van der Waals surface area contributed by atoms with Crippen LogP contribution in [0, 0.1) is 0 Å². The van der Waals surface area contributed by atoms with Crippen molar-refractivity contribution in [1.82, 2.24) is 9.88 Å². The molecule has 0 fully saturated rings. The average molecular weight is 357 g/mol. The molecular weight excluding hydrogens is 336 g/mol. The van der Waals surface area contributed by atoms with E-state index in [1.54, 1.807) is 7.11 Å². The predicted molar refractivity (Wildman–Crippen MR) is 102 cm³/mol. The smallest absolute Gasteiger partial charge is 0.217 e. The Morgan fingerprint density at radius 3 is 2.72 bits per heavy atom. The van der Waals surface area contributed by atoms with Crippen molar-refractivity contribution in [2.24, 2.45) is 0 Å². The van der Waals surface area contributed by atoms with E-state index in [9.17, 15) is 4.79 Å². The molecule has 4 nitrogen and oxygen atoms in total. The molecule has 0 aliphatic carbocycles. The van der Waals surface area contributed by atoms with Crippen molar-refractivity contribution >= 4 is 28.4 Å². The summed E-state index contributed by atoms with van der Waals surface area (Å²) in [7, 11) is 1.66. The van der Waals surface area contributed by atoms with Crippen LogP contribution in [0.1, 0.15) is 13.8 Å². The van der Waals surface area contributed by atoms with E-state index in [1.807, 2.05) is 49.4 Å². The summed E-state index contributed by atoms with van der Waals surface area (Å²) in [6.07, 6.45) is 0. The molecule has 0 spiro atoms. The Labute approximate surface area is 152 Å². The highest BCUT2D eigenvalue weighted by molar-refractivity contribution is 6.30. The van der Waals surface area contributed by atoms with E-state index in [4.69, 9.17) is 16.3 Å². The van der Waals surface area contributed by atoms with Gasteiger partial charge in [0.25, 0.3) is 0 Å². The molecule has 5 heteroatoms. The monoisotopic (exact) mass is 356 g/mol. The molecular formula is C20H21ClN2O2. The van der Waals surface area contributed by atoms with Gasteiger partial charge in [0.15, 0.2) is 0 Å². The van der Waals surface area contributed by atoms with E-state index < -0.39 is 0 Å². The number of benzene rings is 2. The molecule has 1 unspecified atom stereocenters. The van der Waals surface area contributed by atoms with Gasteiger partial charge in [0, 0.05) is 41.1 Å². The Morgan fingerprint density at radius 2 is 2.04 bits per heavy atom. The Morgan fingerprint density at radius 1 is 1.24 bits per heavy atom. The molecule has 3 aromatic rings. The fraction of sp³-hybridized carbons (Fsp3) is 0.250. The number of halogens is 1. The molecule has 1 N–H and O–H groups in total. The number of amides is 1. The van der Waals surface area contributed by atoms with Crippen LogP contribution in [-0.2, 0) is 11.3 Å². The molecule has 2 aromatic carbocycles. The lowest BCUT2D eigenvalue weighted by atomic mass is 10.1. The third-order valence-corrected chi connectivity index (χ3v) is 4.37. The summed E-state index contributed by atoms with van der Waals surface area (Å²) in [6.45, 7) is 4.20. The van der Waals surface area contributed by atoms with Gasteiger partial charge in [-0.05, 0) is 48.9 Å². The SMILES string of the molecule is COc1ccc2c(c1)cc(-c1cccc(Cl)c1)n2CC(C)NC(C)=O. The lowest BCUT2D eigenvalue weighted by Gasteiger charge is -2.17. The van der Waals surface area contributed by atoms with Crippen molar-refractivity contribution in [3.63, 3.8) is 0 Å². The second-order valence-electron chi connectivity index (χ2n) is 6.18. The summed E-state index contributed by atoms with van der Waals surface area (Å²) in [5.41, 5.74) is 3.19. The first-order valence-corrected chi connectivity index (χ1v) is 8.56. The Balaban J connectivity index is 2.13. The number of methoxy groups -OCH3 is 1. The second-order valence-corrected chi connectivity index (χ2v) is 6.61. The zero-order chi connectivity index (χ0) is 18.0. The van der Waals surface area contributed by atoms with Crippen molar-refractivity contribution in [2.75, 3.05) is 7.11 Å². The summed E-state index contributed by atoms with van der Waals surface area (Å²) in [5.74, 6) is 0.784. The number of hydrogen-bond donors (Lipinski definition) is 1. The van der Waals surface area contributed by atoms with E-state index in [1.165, 1.54) is 6.92 Å². The standard InChI is InChI=1S/C20H21ClN2O2/c1-13(22-14(2)24)12-23-19-8-7-18(25-3)10-16(19)11-20(23)15-5-4-6-17(21)9-15/h4-11,13H,12H2,1-3H3,(H,22,24). The van der Waals surface area contributed by atoms with Crippen LogP contribution >= 0.6 is 11.6 Å². The first-order valence-electron chi connectivity index (χ1n) is 8.18. The van der Waals surface area contributed by atoms with Gasteiger partial charge in [0.1, 0.15) is 5.75 Å². The maximum absolute atomic E-state index is 11.4. The minimum absolute atomic E-state index is 0.00753. The van der Waals surface area contributed by atoms with E-state index >= 15 is 0 Å². The Hall–Kier alpha value is -2.46. The van der Waals surface area contributed by atoms with Gasteiger partial charge in [-0.25, -0.2) is 0 Å². The average Bonchev–Trinajstić information content (AvgIpc) is 2.91. The molecule has 1 amide bonds. The molecule has 25 heavy (non-hydrogen) atoms. The number of aromatic nitrogens is 1. The van der Waals surface area contributed by atoms with Crippen LogP contribution in [0.25, 0.3) is 22.2 Å². The summed E-state index contributed by atoms with van der Waals surface area (Å²) in [5, 5.41) is 4.73. The molecule has 1 heterocycles. The van der Waals surface area contributed by atoms with Crippen LogP contribution in [0.2, 0.25) is 5.02 Å². The lowest BCUT2D eigenvalue weighted by molar-refractivity contribution is -0.119. The molecule has 0 radical (unpaired) electrons. The molecule has 1 atom stereocenters. The topological polar surface area (TPSA) is 43.3 Å². The van der Waals surface area contributed by atoms with E-state index in [-0.39, 0.29) is 11.9 Å². The normalized spacial score (nSPS) is 12.2. The van der Waals surface area contributed by atoms with Gasteiger partial charge in [-0.1, -0.05) is 23.7 Å². The maximum Gasteiger partial charge on any atom is 0.217 e. The minimum Gasteiger partial charge on any atom is -0.497 e. The molecule has 0 aliphatic rings. The van der Waals surface area contributed by atoms with Gasteiger partial charge in [0.05, 0.1) is 7.11 Å². The number of rotatable bonds is 5. The molecule has 130 valence electrons. The first kappa shape index (κ1) is 17.4. The van der Waals surface area contributed by atoms with E-state index in [0.717, 1.165) is 27.9 Å². The molecule has 1 aromatic heterocycles. The van der Waals surface area contributed by atoms with Crippen molar-refractivity contribution in [3.05, 3.63) is 53.6 Å². The summed E-state index contributed by atoms with van der Waals surface area (Å²) in [4.78, 5) is 11.4. The number of carbonyl (C=O) groups is 1. The molecule has 0 bridgehead atoms. The highest BCUT2D eigenvalue weighted by Gasteiger charge is 2.14. The van der Waals surface area contributed by atoms with Gasteiger partial charge in [-0.15, -0.1) is 0 Å². The number of nitrogens with one attached hydrogen (secondary N) is 1. The fourth-order valence-electron chi connectivity index (χ4n) is 3.13. The predicted octanol–water partition coefficient (Wildman–Crippen LogP) is 4.49. The number of nitrogens with zero attached hydrogens (tertiary/aromatic N) is 1. The number of fused-ring (bicyclic) bond motifs is 1. The van der Waals surface area contributed by atoms with Gasteiger partial charge in [-0.2, -0.15) is 0 Å². The quantitative estimate of drug-likeness (QED) is 0.731. The molecule has 0 aliphatic heterocycles. The van der Waals surface area contributed by atoms with Crippen LogP contribution in [0.3, 0.4) is 0 Å². The summed E-state index contributed by atoms with van der Waals surface area (Å²) >= 11 is 6.18. The zero-order valence-corrected chi connectivity index (χ0v) is 15.3. The van der Waals surface area contributed by atoms with Crippen LogP contribution in [0.4, 0.5) is 0 Å². The van der Waals surface area contributed by atoms with Crippen LogP contribution in [0.5, 0.6) is 5.75 Å². The van der Waals surface area contributed by atoms with E-state index in [0.29, 0.717) is 11.6 Å². The highest BCUT2D eigenvalue weighted by Crippen LogP contribution is 2.32. The number of ether oxygens (including phenoxy) is 1. The van der Waals surface area contributed by atoms with Gasteiger partial charge in [-0.3, -0.25) is 4.79 Å². The van der Waals surface area contributed by atoms with Crippen molar-refractivity contribution in [1.29, 1.82) is 0 Å². The molecule has 0 saturated heterocycles.